The lowest BCUT2D eigenvalue weighted by Gasteiger charge is -1.97. The first-order valence-corrected chi connectivity index (χ1v) is 22.0. The van der Waals surface area contributed by atoms with E-state index in [1.165, 1.54) is 24.0 Å². The van der Waals surface area contributed by atoms with Gasteiger partial charge in [-0.15, -0.1) is 0 Å². The molecule has 0 atom stereocenters. The maximum Gasteiger partial charge on any atom is 0.364 e. The number of amidine groups is 1. The predicted molar refractivity (Wildman–Crippen MR) is 259 cm³/mol. The Hall–Kier alpha value is -7.49. The van der Waals surface area contributed by atoms with Crippen molar-refractivity contribution in [2.75, 3.05) is 6.54 Å². The molecule has 0 saturated heterocycles. The van der Waals surface area contributed by atoms with Gasteiger partial charge >= 0.3 is 23.3 Å². The summed E-state index contributed by atoms with van der Waals surface area (Å²) in [5.74, 6) is 5.42. The van der Waals surface area contributed by atoms with Crippen molar-refractivity contribution in [3.05, 3.63) is 119 Å². The third-order valence-electron chi connectivity index (χ3n) is 10.4. The summed E-state index contributed by atoms with van der Waals surface area (Å²) in [6.45, 7) is 20.1. The third-order valence-corrected chi connectivity index (χ3v) is 10.4. The Morgan fingerprint density at radius 3 is 1.42 bits per heavy atom. The summed E-state index contributed by atoms with van der Waals surface area (Å²) >= 11 is 0. The molecule has 6 heterocycles. The molecule has 0 unspecified atom stereocenters. The van der Waals surface area contributed by atoms with E-state index in [1.807, 2.05) is 47.6 Å². The molecule has 6 rings (SSSR count). The number of aliphatic imine (C=N–C) groups is 6. The highest BCUT2D eigenvalue weighted by Gasteiger charge is 2.29. The molecule has 0 radical (unpaired) electrons. The van der Waals surface area contributed by atoms with Crippen LogP contribution in [0.3, 0.4) is 0 Å². The lowest BCUT2D eigenvalue weighted by molar-refractivity contribution is -0.426. The molecule has 360 valence electrons. The lowest BCUT2D eigenvalue weighted by Crippen LogP contribution is -2.08. The summed E-state index contributed by atoms with van der Waals surface area (Å²) in [5.41, 5.74) is 10.2. The zero-order valence-corrected chi connectivity index (χ0v) is 40.0. The minimum absolute atomic E-state index is 0.0137. The zero-order valence-electron chi connectivity index (χ0n) is 40.0. The molecule has 0 fully saturated rings. The fraction of sp³-hybridized carbons (Fsp3) is 0.533. The van der Waals surface area contributed by atoms with Gasteiger partial charge in [0, 0.05) is 53.0 Å². The van der Waals surface area contributed by atoms with Crippen LogP contribution < -0.4 is 0 Å². The second-order valence-electron chi connectivity index (χ2n) is 14.7. The van der Waals surface area contributed by atoms with Crippen LogP contribution in [0.5, 0.6) is 0 Å². The quantitative estimate of drug-likeness (QED) is 0.101. The SMILES string of the molecule is CC#CC1=NC([N+](=O)[O-])=C(CC)C1.CCC1=C(CC)N=C(C)C1.CCC1=C([N+](=O)[O-])C=NC1.CCC1=C([N+](=O)[O-])N=C(C#N)C1.CCC1=CN=C([N+](=O)[O-])C1.CCC1=NC([N+](=O)[O-])=C(CC)C1. The van der Waals surface area contributed by atoms with Crippen molar-refractivity contribution in [2.45, 2.75) is 153 Å². The fourth-order valence-electron chi connectivity index (χ4n) is 6.58. The Balaban J connectivity index is 0.000000403. The van der Waals surface area contributed by atoms with Gasteiger partial charge in [0.1, 0.15) is 18.0 Å². The zero-order chi connectivity index (χ0) is 50.8. The molecule has 0 aromatic carbocycles. The first-order chi connectivity index (χ1) is 31.8. The molecule has 22 nitrogen and oxygen atoms in total. The van der Waals surface area contributed by atoms with Crippen molar-refractivity contribution in [1.29, 1.82) is 5.26 Å². The topological polar surface area (TPSA) is 314 Å². The Morgan fingerprint density at radius 1 is 0.567 bits per heavy atom. The highest BCUT2D eigenvalue weighted by molar-refractivity contribution is 6.04. The summed E-state index contributed by atoms with van der Waals surface area (Å²) in [7, 11) is 0. The van der Waals surface area contributed by atoms with Crippen LogP contribution in [0.4, 0.5) is 0 Å². The minimum Gasteiger partial charge on any atom is -0.358 e. The average Bonchev–Trinajstić information content (AvgIpc) is 4.18. The van der Waals surface area contributed by atoms with E-state index < -0.39 is 14.8 Å². The highest BCUT2D eigenvalue weighted by atomic mass is 16.6. The van der Waals surface area contributed by atoms with E-state index in [0.717, 1.165) is 66.5 Å². The molecule has 0 aromatic heterocycles. The van der Waals surface area contributed by atoms with Gasteiger partial charge in [-0.1, -0.05) is 66.3 Å². The van der Waals surface area contributed by atoms with E-state index in [-0.39, 0.29) is 44.6 Å². The molecule has 6 aliphatic heterocycles. The van der Waals surface area contributed by atoms with Crippen LogP contribution in [0.2, 0.25) is 0 Å². The van der Waals surface area contributed by atoms with Crippen LogP contribution in [0.15, 0.2) is 98.5 Å². The van der Waals surface area contributed by atoms with Crippen LogP contribution in [0.1, 0.15) is 153 Å². The van der Waals surface area contributed by atoms with Crippen LogP contribution in [-0.4, -0.2) is 66.1 Å². The van der Waals surface area contributed by atoms with E-state index in [0.29, 0.717) is 56.4 Å². The van der Waals surface area contributed by atoms with E-state index in [2.05, 4.69) is 62.6 Å². The predicted octanol–water partition coefficient (Wildman–Crippen LogP) is 10.4. The second kappa shape index (κ2) is 29.9. The number of nitro groups is 5. The van der Waals surface area contributed by atoms with Crippen LogP contribution in [-0.2, 0) is 0 Å². The fourth-order valence-corrected chi connectivity index (χ4v) is 6.58. The monoisotopic (exact) mass is 928 g/mol. The van der Waals surface area contributed by atoms with Gasteiger partial charge in [0.15, 0.2) is 0 Å². The van der Waals surface area contributed by atoms with E-state index >= 15 is 0 Å². The summed E-state index contributed by atoms with van der Waals surface area (Å²) in [6, 6.07) is 1.82. The minimum atomic E-state index is -0.539. The number of hydrogen-bond acceptors (Lipinski definition) is 17. The molecule has 67 heavy (non-hydrogen) atoms. The van der Waals surface area contributed by atoms with Crippen LogP contribution in [0.25, 0.3) is 0 Å². The maximum atomic E-state index is 10.5. The van der Waals surface area contributed by atoms with E-state index in [1.54, 1.807) is 18.7 Å². The van der Waals surface area contributed by atoms with E-state index in [4.69, 9.17) is 5.26 Å². The van der Waals surface area contributed by atoms with Gasteiger partial charge < -0.3 is 40.5 Å². The normalized spacial score (nSPS) is 16.4. The molecule has 22 heteroatoms. The smallest absolute Gasteiger partial charge is 0.358 e. The molecule has 0 spiro atoms. The molecule has 0 bridgehead atoms. The lowest BCUT2D eigenvalue weighted by atomic mass is 10.1. The Bertz CT molecular complexity index is 2430. The van der Waals surface area contributed by atoms with Gasteiger partial charge in [-0.25, -0.2) is 0 Å². The van der Waals surface area contributed by atoms with Gasteiger partial charge in [0.25, 0.3) is 5.70 Å². The summed E-state index contributed by atoms with van der Waals surface area (Å²) in [6.07, 6.45) is 12.6. The first-order valence-electron chi connectivity index (χ1n) is 22.0. The molecule has 0 aliphatic carbocycles. The number of allylic oxidation sites excluding steroid dienone is 6. The number of hydrogen-bond donors (Lipinski definition) is 0. The van der Waals surface area contributed by atoms with E-state index in [9.17, 15) is 50.6 Å². The van der Waals surface area contributed by atoms with Crippen molar-refractivity contribution >= 4 is 34.9 Å². The molecule has 0 aromatic rings. The third kappa shape index (κ3) is 18.5. The van der Waals surface area contributed by atoms with Gasteiger partial charge in [0.2, 0.25) is 11.4 Å². The molecule has 0 N–H and O–H groups in total. The van der Waals surface area contributed by atoms with Crippen molar-refractivity contribution in [3.8, 4) is 17.9 Å². The van der Waals surface area contributed by atoms with Crippen LogP contribution >= 0.6 is 0 Å². The Morgan fingerprint density at radius 2 is 1.07 bits per heavy atom. The van der Waals surface area contributed by atoms with Gasteiger partial charge in [0.05, 0.1) is 36.9 Å². The highest BCUT2D eigenvalue weighted by Crippen LogP contribution is 2.26. The molecule has 0 saturated carbocycles. The molecule has 0 amide bonds. The Labute approximate surface area is 390 Å². The van der Waals surface area contributed by atoms with Crippen molar-refractivity contribution in [3.63, 3.8) is 0 Å². The largest absolute Gasteiger partial charge is 0.364 e. The van der Waals surface area contributed by atoms with Crippen LogP contribution in [0, 0.1) is 73.7 Å². The summed E-state index contributed by atoms with van der Waals surface area (Å²) in [5, 5.41) is 60.1. The second-order valence-corrected chi connectivity index (χ2v) is 14.7. The van der Waals surface area contributed by atoms with Gasteiger partial charge in [-0.3, -0.25) is 20.1 Å². The van der Waals surface area contributed by atoms with Gasteiger partial charge in [-0.2, -0.15) is 5.26 Å². The maximum absolute atomic E-state index is 10.5. The van der Waals surface area contributed by atoms with Crippen molar-refractivity contribution in [2.24, 2.45) is 30.0 Å². The average molecular weight is 929 g/mol. The molecular formula is C45H60N12O10. The first kappa shape index (κ1) is 57.5. The number of nitrogens with zero attached hydrogens (tertiary/aromatic N) is 12. The molecule has 6 aliphatic rings. The Kier molecular flexibility index (Phi) is 25.6. The number of rotatable bonds is 12. The van der Waals surface area contributed by atoms with Gasteiger partial charge in [-0.05, 0) is 111 Å². The molecular weight excluding hydrogens is 869 g/mol. The van der Waals surface area contributed by atoms with Crippen molar-refractivity contribution in [1.82, 2.24) is 0 Å². The standard InChI is InChI=1S/C9H10N2O2.C9H15N.C8H12N2O2.C7H7N3O2.2C6H8N2O2/c1-3-5-8-6-7(4-2)9(10-8)11(12)13;1-4-8-6-7(3)10-9(8)5-2;1-3-6-5-7(4-2)9-8(6)10(11)12;1-2-5-3-6(4-8)9-7(5)10(11)12;1-2-5-3-7-4-6(5)8(9)10;1-2-5-3-6(7-4-5)8(9)10/h4,6H2,1-2H3;4-6H2,1-3H3;3-5H2,1-2H3;2-3H2,1H3;2*4H,2-3H2,1H3. The van der Waals surface area contributed by atoms with Crippen molar-refractivity contribution < 1.29 is 24.6 Å². The summed E-state index contributed by atoms with van der Waals surface area (Å²) in [4.78, 5) is 72.8. The number of nitriles is 1. The summed E-state index contributed by atoms with van der Waals surface area (Å²) < 4.78 is 0.